The lowest BCUT2D eigenvalue weighted by molar-refractivity contribution is 0.112. The Kier molecular flexibility index (Phi) is 4.34. The molecule has 0 unspecified atom stereocenters. The van der Waals surface area contributed by atoms with Gasteiger partial charge in [0.15, 0.2) is 0 Å². The van der Waals surface area contributed by atoms with E-state index in [2.05, 4.69) is 9.83 Å². The van der Waals surface area contributed by atoms with E-state index < -0.39 is 0 Å². The summed E-state index contributed by atoms with van der Waals surface area (Å²) in [5, 5.41) is 0.193. The van der Waals surface area contributed by atoms with Crippen molar-refractivity contribution in [1.82, 2.24) is 4.98 Å². The Labute approximate surface area is 121 Å². The summed E-state index contributed by atoms with van der Waals surface area (Å²) in [5.74, 6) is 0.132. The van der Waals surface area contributed by atoms with E-state index in [4.69, 9.17) is 22.9 Å². The summed E-state index contributed by atoms with van der Waals surface area (Å²) in [6.07, 6.45) is 0.555. The molecule has 1 aromatic heterocycles. The minimum absolute atomic E-state index is 0.0477. The van der Waals surface area contributed by atoms with Crippen molar-refractivity contribution < 1.29 is 9.53 Å². The van der Waals surface area contributed by atoms with E-state index in [0.717, 1.165) is 5.56 Å². The highest BCUT2D eigenvalue weighted by Gasteiger charge is 2.17. The number of ether oxygens (including phenoxy) is 1. The molecule has 5 heteroatoms. The van der Waals surface area contributed by atoms with Crippen molar-refractivity contribution >= 4 is 23.6 Å². The molecular weight excluding hydrogens is 276 g/mol. The molecule has 0 fully saturated rings. The lowest BCUT2D eigenvalue weighted by Gasteiger charge is -2.11. The summed E-state index contributed by atoms with van der Waals surface area (Å²) in [4.78, 5) is 18.5. The summed E-state index contributed by atoms with van der Waals surface area (Å²) >= 11 is 5.97. The highest BCUT2D eigenvalue weighted by atomic mass is 35.5. The summed E-state index contributed by atoms with van der Waals surface area (Å²) in [5.41, 5.74) is 1.58. The molecule has 0 radical (unpaired) electrons. The first-order valence-electron chi connectivity index (χ1n) is 5.86. The minimum Gasteiger partial charge on any atom is -0.481 e. The Hall–Kier alpha value is -2.38. The zero-order chi connectivity index (χ0) is 14.5. The van der Waals surface area contributed by atoms with E-state index in [1.807, 2.05) is 30.3 Å². The van der Waals surface area contributed by atoms with Gasteiger partial charge in [-0.05, 0) is 12.5 Å². The van der Waals surface area contributed by atoms with E-state index in [0.29, 0.717) is 12.0 Å². The summed E-state index contributed by atoms with van der Waals surface area (Å²) < 4.78 is 5.55. The number of carbonyl (C=O) groups excluding carboxylic acids is 1. The Balaban J connectivity index is 2.35. The van der Waals surface area contributed by atoms with Gasteiger partial charge < -0.3 is 4.74 Å². The van der Waals surface area contributed by atoms with Crippen LogP contribution in [0.4, 0.5) is 5.69 Å². The van der Waals surface area contributed by atoms with Gasteiger partial charge in [0, 0.05) is 5.56 Å². The maximum atomic E-state index is 11.1. The molecule has 1 heterocycles. The second kappa shape index (κ2) is 6.18. The summed E-state index contributed by atoms with van der Waals surface area (Å²) in [7, 11) is 0. The van der Waals surface area contributed by atoms with E-state index in [-0.39, 0.29) is 28.8 Å². The van der Waals surface area contributed by atoms with Gasteiger partial charge in [0.25, 0.3) is 5.69 Å². The van der Waals surface area contributed by atoms with Crippen LogP contribution >= 0.6 is 11.6 Å². The van der Waals surface area contributed by atoms with E-state index in [1.54, 1.807) is 6.92 Å². The number of rotatable bonds is 4. The number of aldehydes is 1. The molecule has 4 nitrogen and oxygen atoms in total. The number of nitrogens with zero attached hydrogens (tertiary/aromatic N) is 2. The number of carbonyl (C=O) groups is 1. The molecule has 0 N–H and O–H groups in total. The van der Waals surface area contributed by atoms with E-state index in [9.17, 15) is 4.79 Å². The van der Waals surface area contributed by atoms with E-state index in [1.165, 1.54) is 0 Å². The number of hydrogen-bond donors (Lipinski definition) is 0. The number of halogens is 1. The molecule has 0 saturated carbocycles. The topological polar surface area (TPSA) is 43.5 Å². The minimum atomic E-state index is 0.0477. The molecule has 0 saturated heterocycles. The van der Waals surface area contributed by atoms with Gasteiger partial charge in [-0.3, -0.25) is 4.79 Å². The molecule has 0 amide bonds. The van der Waals surface area contributed by atoms with Gasteiger partial charge in [-0.25, -0.2) is 9.83 Å². The van der Waals surface area contributed by atoms with Crippen molar-refractivity contribution in [2.45, 2.75) is 13.5 Å². The van der Waals surface area contributed by atoms with Crippen LogP contribution in [-0.2, 0) is 6.61 Å². The largest absolute Gasteiger partial charge is 0.481 e. The van der Waals surface area contributed by atoms with Crippen LogP contribution in [0.25, 0.3) is 4.85 Å². The van der Waals surface area contributed by atoms with Crippen molar-refractivity contribution in [2.24, 2.45) is 0 Å². The Morgan fingerprint density at radius 1 is 1.40 bits per heavy atom. The average Bonchev–Trinajstić information content (AvgIpc) is 2.48. The highest BCUT2D eigenvalue weighted by Crippen LogP contribution is 2.35. The van der Waals surface area contributed by atoms with Gasteiger partial charge in [-0.2, -0.15) is 0 Å². The third-order valence-electron chi connectivity index (χ3n) is 2.73. The zero-order valence-corrected chi connectivity index (χ0v) is 11.5. The monoisotopic (exact) mass is 286 g/mol. The average molecular weight is 287 g/mol. The first-order chi connectivity index (χ1) is 9.67. The van der Waals surface area contributed by atoms with Crippen molar-refractivity contribution in [3.05, 3.63) is 63.6 Å². The Bertz CT molecular complexity index is 679. The van der Waals surface area contributed by atoms with E-state index >= 15 is 0 Å². The first-order valence-corrected chi connectivity index (χ1v) is 6.24. The van der Waals surface area contributed by atoms with Gasteiger partial charge >= 0.3 is 0 Å². The van der Waals surface area contributed by atoms with Crippen molar-refractivity contribution in [3.63, 3.8) is 0 Å². The smallest absolute Gasteiger partial charge is 0.258 e. The third kappa shape index (κ3) is 2.79. The highest BCUT2D eigenvalue weighted by molar-refractivity contribution is 6.34. The fraction of sp³-hybridized carbons (Fsp3) is 0.133. The van der Waals surface area contributed by atoms with Crippen LogP contribution in [0.2, 0.25) is 5.02 Å². The maximum Gasteiger partial charge on any atom is 0.258 e. The molecule has 20 heavy (non-hydrogen) atoms. The predicted octanol–water partition coefficient (Wildman–Crippen LogP) is 3.99. The van der Waals surface area contributed by atoms with Crippen molar-refractivity contribution in [1.29, 1.82) is 0 Å². The standard InChI is InChI=1S/C15H11ClN2O2/c1-10-13(16)12(8-19)14(17-2)15(18-10)20-9-11-6-4-3-5-7-11/h3-8H,9H2,1H3. The summed E-state index contributed by atoms with van der Waals surface area (Å²) in [6, 6.07) is 9.50. The Morgan fingerprint density at radius 3 is 2.70 bits per heavy atom. The normalized spacial score (nSPS) is 9.85. The van der Waals surface area contributed by atoms with Gasteiger partial charge in [0.1, 0.15) is 12.9 Å². The van der Waals surface area contributed by atoms with Crippen molar-refractivity contribution in [2.75, 3.05) is 0 Å². The van der Waals surface area contributed by atoms with Crippen LogP contribution < -0.4 is 4.74 Å². The second-order valence-corrected chi connectivity index (χ2v) is 4.46. The third-order valence-corrected chi connectivity index (χ3v) is 3.21. The SMILES string of the molecule is [C-]#[N+]c1c(OCc2ccccc2)nc(C)c(Cl)c1C=O. The predicted molar refractivity (Wildman–Crippen MR) is 76.4 cm³/mol. The quantitative estimate of drug-likeness (QED) is 0.630. The fourth-order valence-electron chi connectivity index (χ4n) is 1.71. The van der Waals surface area contributed by atoms with Crippen LogP contribution in [0, 0.1) is 13.5 Å². The van der Waals surface area contributed by atoms with Crippen LogP contribution in [0.15, 0.2) is 30.3 Å². The maximum absolute atomic E-state index is 11.1. The number of hydrogen-bond acceptors (Lipinski definition) is 3. The lowest BCUT2D eigenvalue weighted by atomic mass is 10.2. The number of aromatic nitrogens is 1. The van der Waals surface area contributed by atoms with Crippen LogP contribution in [0.3, 0.4) is 0 Å². The molecule has 0 atom stereocenters. The number of pyridine rings is 1. The van der Waals surface area contributed by atoms with Crippen LogP contribution in [-0.4, -0.2) is 11.3 Å². The zero-order valence-electron chi connectivity index (χ0n) is 10.8. The molecule has 0 aliphatic carbocycles. The molecular formula is C15H11ClN2O2. The molecule has 0 aliphatic rings. The van der Waals surface area contributed by atoms with Crippen LogP contribution in [0.5, 0.6) is 5.88 Å². The lowest BCUT2D eigenvalue weighted by Crippen LogP contribution is -2.01. The number of benzene rings is 1. The molecule has 0 aliphatic heterocycles. The van der Waals surface area contributed by atoms with Gasteiger partial charge in [0.2, 0.25) is 5.88 Å². The molecule has 0 bridgehead atoms. The number of aryl methyl sites for hydroxylation is 1. The van der Waals surface area contributed by atoms with Gasteiger partial charge in [-0.15, -0.1) is 0 Å². The second-order valence-electron chi connectivity index (χ2n) is 4.08. The molecule has 2 rings (SSSR count). The summed E-state index contributed by atoms with van der Waals surface area (Å²) in [6.45, 7) is 9.11. The van der Waals surface area contributed by atoms with Gasteiger partial charge in [0.05, 0.1) is 17.3 Å². The van der Waals surface area contributed by atoms with Crippen molar-refractivity contribution in [3.8, 4) is 5.88 Å². The molecule has 100 valence electrons. The molecule has 1 aromatic carbocycles. The first kappa shape index (κ1) is 14.0. The fourth-order valence-corrected chi connectivity index (χ4v) is 1.89. The molecule has 0 spiro atoms. The molecule has 2 aromatic rings. The van der Waals surface area contributed by atoms with Gasteiger partial charge in [-0.1, -0.05) is 41.9 Å². The Morgan fingerprint density at radius 2 is 2.10 bits per heavy atom. The van der Waals surface area contributed by atoms with Crippen LogP contribution in [0.1, 0.15) is 21.6 Å².